The van der Waals surface area contributed by atoms with Gasteiger partial charge in [-0.1, -0.05) is 0 Å². The number of rotatable bonds is 11. The Balaban J connectivity index is 1.24. The van der Waals surface area contributed by atoms with E-state index in [1.54, 1.807) is 40.0 Å². The van der Waals surface area contributed by atoms with Gasteiger partial charge in [0.15, 0.2) is 11.6 Å². The Hall–Kier alpha value is -4.95. The Kier molecular flexibility index (Phi) is 9.82. The minimum atomic E-state index is -1.06. The van der Waals surface area contributed by atoms with Crippen LogP contribution in [0, 0.1) is 12.7 Å². The number of nitrogens with zero attached hydrogens (tertiary/aromatic N) is 4. The number of aliphatic hydroxyl groups is 1. The van der Waals surface area contributed by atoms with Crippen LogP contribution in [-0.2, 0) is 4.74 Å². The van der Waals surface area contributed by atoms with Crippen molar-refractivity contribution in [3.05, 3.63) is 65.9 Å². The highest BCUT2D eigenvalue weighted by Gasteiger charge is 2.22. The van der Waals surface area contributed by atoms with Crippen molar-refractivity contribution >= 4 is 50.3 Å². The van der Waals surface area contributed by atoms with Crippen LogP contribution in [0.5, 0.6) is 11.6 Å². The zero-order valence-electron chi connectivity index (χ0n) is 26.8. The summed E-state index contributed by atoms with van der Waals surface area (Å²) in [5, 5.41) is 15.5. The summed E-state index contributed by atoms with van der Waals surface area (Å²) in [5.74, 6) is -0.638. The molecule has 2 atom stereocenters. The lowest BCUT2D eigenvalue weighted by atomic mass is 10.1. The van der Waals surface area contributed by atoms with Crippen molar-refractivity contribution in [2.75, 3.05) is 18.5 Å². The van der Waals surface area contributed by atoms with Gasteiger partial charge in [0.25, 0.3) is 5.91 Å². The van der Waals surface area contributed by atoms with Gasteiger partial charge in [0, 0.05) is 24.2 Å². The quantitative estimate of drug-likeness (QED) is 0.152. The van der Waals surface area contributed by atoms with Gasteiger partial charge in [-0.2, -0.15) is 0 Å². The fourth-order valence-electron chi connectivity index (χ4n) is 4.46. The molecule has 0 aliphatic heterocycles. The summed E-state index contributed by atoms with van der Waals surface area (Å²) in [6, 6.07) is 9.71. The maximum atomic E-state index is 15.2. The largest absolute Gasteiger partial charge is 0.484 e. The number of anilines is 1. The molecular weight excluding hydrogens is 627 g/mol. The molecule has 14 heteroatoms. The first-order valence-corrected chi connectivity index (χ1v) is 15.7. The Morgan fingerprint density at radius 2 is 1.83 bits per heavy atom. The fraction of sp³-hybridized carbons (Fsp3) is 0.333. The van der Waals surface area contributed by atoms with Gasteiger partial charge in [-0.3, -0.25) is 10.1 Å². The van der Waals surface area contributed by atoms with Crippen LogP contribution >= 0.6 is 11.3 Å². The molecule has 2 aromatic carbocycles. The first-order valence-electron chi connectivity index (χ1n) is 14.9. The third kappa shape index (κ3) is 8.26. The van der Waals surface area contributed by atoms with Gasteiger partial charge < -0.3 is 24.6 Å². The summed E-state index contributed by atoms with van der Waals surface area (Å²) in [6.07, 6.45) is 0.627. The van der Waals surface area contributed by atoms with Crippen LogP contribution < -0.4 is 20.1 Å². The van der Waals surface area contributed by atoms with E-state index < -0.39 is 35.6 Å². The number of aryl methyl sites for hydroxylation is 1. The molecule has 5 aromatic rings. The lowest BCUT2D eigenvalue weighted by Crippen LogP contribution is -2.38. The molecule has 0 bridgehead atoms. The average molecular weight is 663 g/mol. The SMILES string of the molecule is CCOc1cnc2c(-c3nc4cc(F)c(O[C@@H](C)[C@@H](C)OC(=O)Nc5ccc(C(=O)NCC(C)(C)O)nc5)cc4s3)cc(C)cc2n1. The molecule has 12 nitrogen and oxygen atoms in total. The molecule has 5 rings (SSSR count). The number of carbonyl (C=O) groups is 2. The number of aromatic nitrogens is 4. The second kappa shape index (κ2) is 13.8. The molecule has 3 N–H and O–H groups in total. The van der Waals surface area contributed by atoms with E-state index in [1.165, 1.54) is 35.7 Å². The number of fused-ring (bicyclic) bond motifs is 2. The van der Waals surface area contributed by atoms with Crippen LogP contribution in [-0.4, -0.2) is 68.0 Å². The maximum Gasteiger partial charge on any atom is 0.412 e. The number of pyridine rings is 1. The zero-order chi connectivity index (χ0) is 33.9. The monoisotopic (exact) mass is 662 g/mol. The topological polar surface area (TPSA) is 158 Å². The number of halogens is 1. The number of carbonyl (C=O) groups excluding carboxylic acids is 2. The summed E-state index contributed by atoms with van der Waals surface area (Å²) in [5.41, 5.74) is 2.90. The Morgan fingerprint density at radius 1 is 1.04 bits per heavy atom. The van der Waals surface area contributed by atoms with E-state index in [0.29, 0.717) is 44.4 Å². The van der Waals surface area contributed by atoms with Crippen molar-refractivity contribution in [2.24, 2.45) is 0 Å². The van der Waals surface area contributed by atoms with Crippen LogP contribution in [0.3, 0.4) is 0 Å². The van der Waals surface area contributed by atoms with E-state index in [4.69, 9.17) is 14.2 Å². The highest BCUT2D eigenvalue weighted by atomic mass is 32.1. The molecule has 0 aliphatic rings. The summed E-state index contributed by atoms with van der Waals surface area (Å²) in [6.45, 7) is 10.8. The molecule has 0 radical (unpaired) electrons. The molecule has 246 valence electrons. The van der Waals surface area contributed by atoms with Crippen molar-refractivity contribution in [1.82, 2.24) is 25.3 Å². The third-order valence-corrected chi connectivity index (χ3v) is 7.98. The Bertz CT molecular complexity index is 1930. The average Bonchev–Trinajstić information content (AvgIpc) is 3.42. The standard InChI is InChI=1S/C33H35FN6O6S/c1-7-44-28-15-36-29-21(10-17(2)11-25(29)39-28)31-40-24-12-22(34)26(13-27(24)47-31)45-18(3)19(4)46-32(42)38-20-8-9-23(35-14-20)30(41)37-16-33(5,6)43/h8-15,18-19,43H,7,16H2,1-6H3,(H,37,41)(H,38,42)/t18-,19+/m0/s1. The normalized spacial score (nSPS) is 12.9. The van der Waals surface area contributed by atoms with Gasteiger partial charge in [-0.05, 0) is 71.4 Å². The molecule has 0 aliphatic carbocycles. The molecule has 3 heterocycles. The molecule has 2 amide bonds. The van der Waals surface area contributed by atoms with Crippen LogP contribution in [0.2, 0.25) is 0 Å². The summed E-state index contributed by atoms with van der Waals surface area (Å²) in [7, 11) is 0. The lowest BCUT2D eigenvalue weighted by molar-refractivity contribution is 0.0402. The molecule has 0 unspecified atom stereocenters. The minimum absolute atomic E-state index is 0.00560. The molecule has 0 fully saturated rings. The maximum absolute atomic E-state index is 15.2. The van der Waals surface area contributed by atoms with Crippen LogP contribution in [0.1, 0.15) is 50.7 Å². The van der Waals surface area contributed by atoms with Gasteiger partial charge in [-0.15, -0.1) is 11.3 Å². The van der Waals surface area contributed by atoms with Gasteiger partial charge in [-0.25, -0.2) is 29.1 Å². The van der Waals surface area contributed by atoms with E-state index in [-0.39, 0.29) is 18.0 Å². The van der Waals surface area contributed by atoms with Crippen molar-refractivity contribution in [3.8, 4) is 22.2 Å². The lowest BCUT2D eigenvalue weighted by Gasteiger charge is -2.22. The van der Waals surface area contributed by atoms with E-state index in [9.17, 15) is 14.7 Å². The zero-order valence-corrected chi connectivity index (χ0v) is 27.6. The van der Waals surface area contributed by atoms with Gasteiger partial charge in [0.2, 0.25) is 5.88 Å². The van der Waals surface area contributed by atoms with E-state index in [2.05, 4.69) is 30.6 Å². The number of ether oxygens (including phenoxy) is 3. The van der Waals surface area contributed by atoms with Gasteiger partial charge in [0.1, 0.15) is 22.9 Å². The number of amides is 2. The summed E-state index contributed by atoms with van der Waals surface area (Å²) in [4.78, 5) is 42.6. The van der Waals surface area contributed by atoms with Crippen LogP contribution in [0.4, 0.5) is 14.9 Å². The number of hydrogen-bond acceptors (Lipinski definition) is 11. The minimum Gasteiger partial charge on any atom is -0.484 e. The van der Waals surface area contributed by atoms with E-state index in [1.807, 2.05) is 26.0 Å². The van der Waals surface area contributed by atoms with Gasteiger partial charge >= 0.3 is 6.09 Å². The molecule has 3 aromatic heterocycles. The van der Waals surface area contributed by atoms with Crippen molar-refractivity contribution in [3.63, 3.8) is 0 Å². The van der Waals surface area contributed by atoms with Crippen LogP contribution in [0.15, 0.2) is 48.8 Å². The molecule has 47 heavy (non-hydrogen) atoms. The van der Waals surface area contributed by atoms with E-state index in [0.717, 1.165) is 11.1 Å². The first-order chi connectivity index (χ1) is 22.3. The highest BCUT2D eigenvalue weighted by molar-refractivity contribution is 7.21. The third-order valence-electron chi connectivity index (χ3n) is 6.92. The summed E-state index contributed by atoms with van der Waals surface area (Å²) < 4.78 is 32.7. The van der Waals surface area contributed by atoms with E-state index >= 15 is 4.39 Å². The predicted molar refractivity (Wildman–Crippen MR) is 177 cm³/mol. The Morgan fingerprint density at radius 3 is 2.53 bits per heavy atom. The smallest absolute Gasteiger partial charge is 0.412 e. The van der Waals surface area contributed by atoms with Crippen LogP contribution in [0.25, 0.3) is 31.8 Å². The van der Waals surface area contributed by atoms with Crippen molar-refractivity contribution in [1.29, 1.82) is 0 Å². The fourth-order valence-corrected chi connectivity index (χ4v) is 5.45. The molecule has 0 saturated carbocycles. The molecule has 0 spiro atoms. The number of benzene rings is 2. The predicted octanol–water partition coefficient (Wildman–Crippen LogP) is 6.05. The number of thiazole rings is 1. The highest BCUT2D eigenvalue weighted by Crippen LogP contribution is 2.37. The second-order valence-corrected chi connectivity index (χ2v) is 12.6. The summed E-state index contributed by atoms with van der Waals surface area (Å²) >= 11 is 1.37. The Labute approximate surface area is 274 Å². The number of nitrogens with one attached hydrogen (secondary N) is 2. The molecule has 0 saturated heterocycles. The first kappa shape index (κ1) is 33.4. The van der Waals surface area contributed by atoms with Crippen molar-refractivity contribution in [2.45, 2.75) is 59.4 Å². The number of hydrogen-bond donors (Lipinski definition) is 3. The second-order valence-electron chi connectivity index (χ2n) is 11.6. The van der Waals surface area contributed by atoms with Gasteiger partial charge in [0.05, 0.1) is 51.5 Å². The molecular formula is C33H35FN6O6S. The van der Waals surface area contributed by atoms with Crippen molar-refractivity contribution < 1.29 is 33.3 Å².